The first kappa shape index (κ1) is 24.9. The van der Waals surface area contributed by atoms with Crippen LogP contribution in [0, 0.1) is 0 Å². The van der Waals surface area contributed by atoms with Gasteiger partial charge in [0.1, 0.15) is 5.82 Å². The van der Waals surface area contributed by atoms with Crippen molar-refractivity contribution in [3.8, 4) is 5.69 Å². The third-order valence-corrected chi connectivity index (χ3v) is 6.51. The smallest absolute Gasteiger partial charge is 0.314 e. The van der Waals surface area contributed by atoms with Crippen LogP contribution in [0.5, 0.6) is 0 Å². The molecule has 1 aromatic heterocycles. The average Bonchev–Trinajstić information content (AvgIpc) is 2.85. The summed E-state index contributed by atoms with van der Waals surface area (Å²) in [6, 6.07) is 21.1. The molecule has 0 spiro atoms. The lowest BCUT2D eigenvalue weighted by Gasteiger charge is -2.32. The summed E-state index contributed by atoms with van der Waals surface area (Å²) in [7, 11) is 0. The van der Waals surface area contributed by atoms with E-state index in [4.69, 9.17) is 16.6 Å². The second-order valence-corrected chi connectivity index (χ2v) is 9.51. The van der Waals surface area contributed by atoms with E-state index in [1.807, 2.05) is 62.4 Å². The van der Waals surface area contributed by atoms with Crippen molar-refractivity contribution in [1.82, 2.24) is 14.5 Å². The largest absolute Gasteiger partial charge is 0.322 e. The van der Waals surface area contributed by atoms with E-state index in [-0.39, 0.29) is 11.6 Å². The highest BCUT2D eigenvalue weighted by Gasteiger charge is 2.29. The Balaban J connectivity index is 1.86. The first-order chi connectivity index (χ1) is 16.9. The molecule has 6 nitrogen and oxygen atoms in total. The van der Waals surface area contributed by atoms with E-state index in [0.717, 1.165) is 10.9 Å². The second-order valence-electron chi connectivity index (χ2n) is 8.16. The van der Waals surface area contributed by atoms with Crippen molar-refractivity contribution in [2.75, 3.05) is 11.9 Å². The maximum atomic E-state index is 13.7. The van der Waals surface area contributed by atoms with Crippen molar-refractivity contribution in [3.05, 3.63) is 98.5 Å². The minimum absolute atomic E-state index is 0.198. The number of hydrogen-bond donors (Lipinski definition) is 1. The van der Waals surface area contributed by atoms with Gasteiger partial charge in [-0.3, -0.25) is 9.36 Å². The van der Waals surface area contributed by atoms with Gasteiger partial charge in [-0.2, -0.15) is 0 Å². The molecule has 2 amide bonds. The molecule has 1 unspecified atom stereocenters. The van der Waals surface area contributed by atoms with Gasteiger partial charge in [0.2, 0.25) is 0 Å². The number of benzene rings is 3. The standard InChI is InChI=1S/C27H26BrClN4O2/c1-3-16-32(27(35)30-20-14-12-18(28)13-15-20)24(4-2)25-31-23-11-6-5-10-22(23)26(34)33(25)21-9-7-8-19(29)17-21/h5-15,17,24H,3-4,16H2,1-2H3,(H,30,35). The highest BCUT2D eigenvalue weighted by molar-refractivity contribution is 9.10. The molecule has 1 atom stereocenters. The number of aromatic nitrogens is 2. The maximum absolute atomic E-state index is 13.7. The van der Waals surface area contributed by atoms with Crippen molar-refractivity contribution in [2.45, 2.75) is 32.7 Å². The summed E-state index contributed by atoms with van der Waals surface area (Å²) < 4.78 is 2.51. The number of nitrogens with zero attached hydrogens (tertiary/aromatic N) is 3. The molecule has 4 rings (SSSR count). The molecule has 1 N–H and O–H groups in total. The van der Waals surface area contributed by atoms with Gasteiger partial charge < -0.3 is 10.2 Å². The third-order valence-electron chi connectivity index (χ3n) is 5.75. The number of carbonyl (C=O) groups excluding carboxylic acids is 1. The van der Waals surface area contributed by atoms with Gasteiger partial charge in [0.05, 0.1) is 22.6 Å². The van der Waals surface area contributed by atoms with E-state index < -0.39 is 6.04 Å². The minimum Gasteiger partial charge on any atom is -0.314 e. The molecule has 3 aromatic carbocycles. The summed E-state index contributed by atoms with van der Waals surface area (Å²) in [6.45, 7) is 4.51. The molecule has 0 aliphatic heterocycles. The molecule has 8 heteroatoms. The van der Waals surface area contributed by atoms with E-state index in [1.165, 1.54) is 0 Å². The number of hydrogen-bond acceptors (Lipinski definition) is 3. The summed E-state index contributed by atoms with van der Waals surface area (Å²) in [6.07, 6.45) is 1.32. The van der Waals surface area contributed by atoms with Crippen LogP contribution >= 0.6 is 27.5 Å². The Hall–Kier alpha value is -3.16. The Bertz CT molecular complexity index is 1400. The Morgan fingerprint density at radius 3 is 2.51 bits per heavy atom. The first-order valence-corrected chi connectivity index (χ1v) is 12.7. The van der Waals surface area contributed by atoms with Crippen LogP contribution in [0.1, 0.15) is 38.6 Å². The lowest BCUT2D eigenvalue weighted by molar-refractivity contribution is 0.181. The van der Waals surface area contributed by atoms with E-state index in [1.54, 1.807) is 33.7 Å². The normalized spacial score (nSPS) is 11.9. The zero-order valence-corrected chi connectivity index (χ0v) is 21.9. The first-order valence-electron chi connectivity index (χ1n) is 11.5. The number of amides is 2. The van der Waals surface area contributed by atoms with Gasteiger partial charge in [0, 0.05) is 21.7 Å². The lowest BCUT2D eigenvalue weighted by Crippen LogP contribution is -2.41. The van der Waals surface area contributed by atoms with Crippen molar-refractivity contribution in [2.24, 2.45) is 0 Å². The summed E-state index contributed by atoms with van der Waals surface area (Å²) in [5.74, 6) is 0.498. The fourth-order valence-electron chi connectivity index (χ4n) is 4.15. The molecule has 0 aliphatic carbocycles. The van der Waals surface area contributed by atoms with Crippen LogP contribution in [-0.2, 0) is 0 Å². The molecule has 0 saturated heterocycles. The molecule has 1 heterocycles. The maximum Gasteiger partial charge on any atom is 0.322 e. The van der Waals surface area contributed by atoms with Crippen LogP contribution in [0.25, 0.3) is 16.6 Å². The van der Waals surface area contributed by atoms with Crippen molar-refractivity contribution < 1.29 is 4.79 Å². The van der Waals surface area contributed by atoms with Gasteiger partial charge in [-0.15, -0.1) is 0 Å². The topological polar surface area (TPSA) is 67.2 Å². The fraction of sp³-hybridized carbons (Fsp3) is 0.222. The quantitative estimate of drug-likeness (QED) is 0.263. The molecule has 4 aromatic rings. The van der Waals surface area contributed by atoms with Crippen molar-refractivity contribution >= 4 is 50.2 Å². The predicted molar refractivity (Wildman–Crippen MR) is 146 cm³/mol. The van der Waals surface area contributed by atoms with Crippen LogP contribution in [-0.4, -0.2) is 27.0 Å². The predicted octanol–water partition coefficient (Wildman–Crippen LogP) is 7.20. The molecule has 0 radical (unpaired) electrons. The van der Waals surface area contributed by atoms with Crippen LogP contribution < -0.4 is 10.9 Å². The summed E-state index contributed by atoms with van der Waals surface area (Å²) >= 11 is 9.70. The van der Waals surface area contributed by atoms with Gasteiger partial charge in [0.25, 0.3) is 5.56 Å². The molecular weight excluding hydrogens is 528 g/mol. The molecule has 0 aliphatic rings. The zero-order valence-electron chi connectivity index (χ0n) is 19.5. The summed E-state index contributed by atoms with van der Waals surface area (Å²) in [5.41, 5.74) is 1.69. The summed E-state index contributed by atoms with van der Waals surface area (Å²) in [5, 5.41) is 4.01. The number of nitrogens with one attached hydrogen (secondary N) is 1. The molecule has 0 bridgehead atoms. The van der Waals surface area contributed by atoms with E-state index >= 15 is 0 Å². The second kappa shape index (κ2) is 11.1. The molecule has 0 saturated carbocycles. The Morgan fingerprint density at radius 2 is 1.83 bits per heavy atom. The van der Waals surface area contributed by atoms with Crippen LogP contribution in [0.4, 0.5) is 10.5 Å². The van der Waals surface area contributed by atoms with Gasteiger partial charge in [0.15, 0.2) is 0 Å². The molecule has 0 fully saturated rings. The average molecular weight is 554 g/mol. The zero-order chi connectivity index (χ0) is 24.9. The van der Waals surface area contributed by atoms with E-state index in [0.29, 0.717) is 46.1 Å². The summed E-state index contributed by atoms with van der Waals surface area (Å²) in [4.78, 5) is 33.8. The number of urea groups is 1. The third kappa shape index (κ3) is 5.41. The van der Waals surface area contributed by atoms with E-state index in [9.17, 15) is 9.59 Å². The van der Waals surface area contributed by atoms with Crippen LogP contribution in [0.2, 0.25) is 5.02 Å². The Labute approximate surface area is 217 Å². The minimum atomic E-state index is -0.443. The number of rotatable bonds is 7. The van der Waals surface area contributed by atoms with Gasteiger partial charge in [-0.05, 0) is 67.4 Å². The van der Waals surface area contributed by atoms with Crippen LogP contribution in [0.3, 0.4) is 0 Å². The van der Waals surface area contributed by atoms with Crippen LogP contribution in [0.15, 0.2) is 82.1 Å². The number of carbonyl (C=O) groups is 1. The lowest BCUT2D eigenvalue weighted by atomic mass is 10.1. The SMILES string of the molecule is CCCN(C(=O)Nc1ccc(Br)cc1)C(CC)c1nc2ccccc2c(=O)n1-c1cccc(Cl)c1. The number of anilines is 1. The van der Waals surface area contributed by atoms with E-state index in [2.05, 4.69) is 21.2 Å². The highest BCUT2D eigenvalue weighted by atomic mass is 79.9. The molecular formula is C27H26BrClN4O2. The molecule has 180 valence electrons. The van der Waals surface area contributed by atoms with Crippen molar-refractivity contribution in [1.29, 1.82) is 0 Å². The van der Waals surface area contributed by atoms with Gasteiger partial charge in [-0.1, -0.05) is 59.6 Å². The molecule has 35 heavy (non-hydrogen) atoms. The number of fused-ring (bicyclic) bond motifs is 1. The Morgan fingerprint density at radius 1 is 1.09 bits per heavy atom. The van der Waals surface area contributed by atoms with Gasteiger partial charge in [-0.25, -0.2) is 9.78 Å². The Kier molecular flexibility index (Phi) is 7.88. The van der Waals surface area contributed by atoms with Crippen molar-refractivity contribution in [3.63, 3.8) is 0 Å². The van der Waals surface area contributed by atoms with Gasteiger partial charge >= 0.3 is 6.03 Å². The monoisotopic (exact) mass is 552 g/mol. The number of halogens is 2. The highest BCUT2D eigenvalue weighted by Crippen LogP contribution is 2.28. The number of para-hydroxylation sites is 1. The fourth-order valence-corrected chi connectivity index (χ4v) is 4.60.